The molecule has 2 aromatic rings. The highest BCUT2D eigenvalue weighted by Gasteiger charge is 2.32. The summed E-state index contributed by atoms with van der Waals surface area (Å²) >= 11 is 0. The lowest BCUT2D eigenvalue weighted by atomic mass is 9.85. The van der Waals surface area contributed by atoms with E-state index in [1.807, 2.05) is 44.2 Å². The minimum Gasteiger partial charge on any atom is -0.375 e. The van der Waals surface area contributed by atoms with Gasteiger partial charge in [-0.3, -0.25) is 9.78 Å². The highest BCUT2D eigenvalue weighted by atomic mass is 16.5. The number of ether oxygens (including phenoxy) is 1. The first-order valence-electron chi connectivity index (χ1n) is 8.45. The zero-order valence-electron chi connectivity index (χ0n) is 13.8. The first-order valence-corrected chi connectivity index (χ1v) is 8.45. The molecule has 2 unspecified atom stereocenters. The molecule has 1 aromatic heterocycles. The van der Waals surface area contributed by atoms with Crippen molar-refractivity contribution in [1.82, 2.24) is 4.98 Å². The van der Waals surface area contributed by atoms with Crippen molar-refractivity contribution in [1.29, 1.82) is 0 Å². The molecule has 1 fully saturated rings. The molecule has 1 N–H and O–H groups in total. The van der Waals surface area contributed by atoms with Crippen LogP contribution in [0.25, 0.3) is 10.9 Å². The van der Waals surface area contributed by atoms with Crippen LogP contribution in [0.3, 0.4) is 0 Å². The summed E-state index contributed by atoms with van der Waals surface area (Å²) in [5, 5.41) is 4.11. The lowest BCUT2D eigenvalue weighted by Crippen LogP contribution is -2.38. The highest BCUT2D eigenvalue weighted by molar-refractivity contribution is 6.01. The third-order valence-corrected chi connectivity index (χ3v) is 4.38. The molecule has 4 heteroatoms. The van der Waals surface area contributed by atoms with Crippen LogP contribution in [0.15, 0.2) is 36.5 Å². The number of amides is 1. The van der Waals surface area contributed by atoms with Gasteiger partial charge in [0.05, 0.1) is 29.3 Å². The molecule has 0 aliphatic heterocycles. The smallest absolute Gasteiger partial charge is 0.230 e. The quantitative estimate of drug-likeness (QED) is 0.922. The minimum absolute atomic E-state index is 0.0201. The molecule has 4 nitrogen and oxygen atoms in total. The minimum atomic E-state index is -0.0786. The topological polar surface area (TPSA) is 51.2 Å². The number of para-hydroxylation sites is 1. The average Bonchev–Trinajstić information content (AvgIpc) is 2.55. The van der Waals surface area contributed by atoms with E-state index < -0.39 is 0 Å². The van der Waals surface area contributed by atoms with E-state index in [1.54, 1.807) is 6.20 Å². The number of rotatable bonds is 4. The zero-order valence-corrected chi connectivity index (χ0v) is 13.8. The van der Waals surface area contributed by atoms with E-state index >= 15 is 0 Å². The Morgan fingerprint density at radius 1 is 1.22 bits per heavy atom. The number of carbonyl (C=O) groups excluding carboxylic acids is 1. The van der Waals surface area contributed by atoms with Gasteiger partial charge in [0, 0.05) is 11.6 Å². The van der Waals surface area contributed by atoms with Gasteiger partial charge >= 0.3 is 0 Å². The normalized spacial score (nSPS) is 21.5. The number of aromatic nitrogens is 1. The Bertz CT molecular complexity index is 679. The van der Waals surface area contributed by atoms with Crippen molar-refractivity contribution in [2.24, 2.45) is 5.92 Å². The molecule has 3 rings (SSSR count). The molecule has 0 bridgehead atoms. The number of fused-ring (bicyclic) bond motifs is 1. The maximum Gasteiger partial charge on any atom is 0.230 e. The molecular weight excluding hydrogens is 288 g/mol. The van der Waals surface area contributed by atoms with Gasteiger partial charge in [-0.25, -0.2) is 0 Å². The molecule has 1 aliphatic carbocycles. The lowest BCUT2D eigenvalue weighted by Gasteiger charge is -2.32. The Morgan fingerprint density at radius 3 is 2.83 bits per heavy atom. The van der Waals surface area contributed by atoms with Crippen LogP contribution in [-0.2, 0) is 9.53 Å². The second kappa shape index (κ2) is 7.09. The fraction of sp³-hybridized carbons (Fsp3) is 0.474. The Labute approximate surface area is 137 Å². The second-order valence-corrected chi connectivity index (χ2v) is 6.48. The van der Waals surface area contributed by atoms with Crippen molar-refractivity contribution in [3.63, 3.8) is 0 Å². The number of anilines is 1. The van der Waals surface area contributed by atoms with Gasteiger partial charge in [0.1, 0.15) is 0 Å². The van der Waals surface area contributed by atoms with Crippen LogP contribution >= 0.6 is 0 Å². The number of carbonyl (C=O) groups is 1. The zero-order chi connectivity index (χ0) is 16.2. The molecule has 23 heavy (non-hydrogen) atoms. The van der Waals surface area contributed by atoms with E-state index in [0.717, 1.165) is 42.3 Å². The maximum atomic E-state index is 12.8. The molecule has 0 radical (unpaired) electrons. The Morgan fingerprint density at radius 2 is 2.00 bits per heavy atom. The van der Waals surface area contributed by atoms with Gasteiger partial charge in [-0.2, -0.15) is 0 Å². The first kappa shape index (κ1) is 15.9. The Kier molecular flexibility index (Phi) is 4.91. The summed E-state index contributed by atoms with van der Waals surface area (Å²) in [5.74, 6) is -0.0291. The molecule has 1 aliphatic rings. The van der Waals surface area contributed by atoms with Crippen molar-refractivity contribution in [2.75, 3.05) is 5.32 Å². The predicted molar refractivity (Wildman–Crippen MR) is 92.3 cm³/mol. The van der Waals surface area contributed by atoms with Crippen LogP contribution < -0.4 is 5.32 Å². The van der Waals surface area contributed by atoms with E-state index in [9.17, 15) is 4.79 Å². The molecule has 1 amide bonds. The molecule has 0 spiro atoms. The summed E-state index contributed by atoms with van der Waals surface area (Å²) in [5.41, 5.74) is 1.61. The van der Waals surface area contributed by atoms with Crippen molar-refractivity contribution in [3.8, 4) is 0 Å². The van der Waals surface area contributed by atoms with Crippen molar-refractivity contribution < 1.29 is 9.53 Å². The Balaban J connectivity index is 1.79. The molecule has 122 valence electrons. The average molecular weight is 312 g/mol. The van der Waals surface area contributed by atoms with Crippen molar-refractivity contribution in [2.45, 2.75) is 51.7 Å². The van der Waals surface area contributed by atoms with Crippen molar-refractivity contribution in [3.05, 3.63) is 36.5 Å². The summed E-state index contributed by atoms with van der Waals surface area (Å²) in [6.45, 7) is 4.05. The third-order valence-electron chi connectivity index (χ3n) is 4.38. The van der Waals surface area contributed by atoms with E-state index in [-0.39, 0.29) is 24.0 Å². The van der Waals surface area contributed by atoms with E-state index in [2.05, 4.69) is 10.3 Å². The number of nitrogens with zero attached hydrogens (tertiary/aromatic N) is 1. The van der Waals surface area contributed by atoms with E-state index in [1.165, 1.54) is 0 Å². The fourth-order valence-electron chi connectivity index (χ4n) is 3.34. The Hall–Kier alpha value is -1.94. The van der Waals surface area contributed by atoms with Crippen LogP contribution in [-0.4, -0.2) is 23.1 Å². The van der Waals surface area contributed by atoms with Gasteiger partial charge in [0.2, 0.25) is 5.91 Å². The third kappa shape index (κ3) is 3.70. The highest BCUT2D eigenvalue weighted by Crippen LogP contribution is 2.30. The van der Waals surface area contributed by atoms with Crippen LogP contribution in [0, 0.1) is 5.92 Å². The van der Waals surface area contributed by atoms with Gasteiger partial charge in [-0.15, -0.1) is 0 Å². The molecular formula is C19H24N2O2. The summed E-state index contributed by atoms with van der Waals surface area (Å²) in [4.78, 5) is 17.2. The predicted octanol–water partition coefficient (Wildman–Crippen LogP) is 4.16. The van der Waals surface area contributed by atoms with Crippen LogP contribution in [0.2, 0.25) is 0 Å². The second-order valence-electron chi connectivity index (χ2n) is 6.48. The standard InChI is InChI=1S/C19H24N2O2/c1-13(2)23-17-11-4-3-9-15(17)19(22)21-16-10-5-7-14-8-6-12-20-18(14)16/h5-8,10,12-13,15,17H,3-4,9,11H2,1-2H3,(H,21,22). The number of nitrogens with one attached hydrogen (secondary N) is 1. The largest absolute Gasteiger partial charge is 0.375 e. The van der Waals surface area contributed by atoms with Crippen LogP contribution in [0.5, 0.6) is 0 Å². The maximum absolute atomic E-state index is 12.8. The molecule has 0 saturated heterocycles. The summed E-state index contributed by atoms with van der Waals surface area (Å²) in [6.07, 6.45) is 5.99. The first-order chi connectivity index (χ1) is 11.1. The van der Waals surface area contributed by atoms with Crippen LogP contribution in [0.1, 0.15) is 39.5 Å². The lowest BCUT2D eigenvalue weighted by molar-refractivity contribution is -0.129. The summed E-state index contributed by atoms with van der Waals surface area (Å²) in [7, 11) is 0. The molecule has 2 atom stereocenters. The summed E-state index contributed by atoms with van der Waals surface area (Å²) < 4.78 is 5.97. The van der Waals surface area contributed by atoms with Gasteiger partial charge < -0.3 is 10.1 Å². The molecule has 1 heterocycles. The number of benzene rings is 1. The summed E-state index contributed by atoms with van der Waals surface area (Å²) in [6, 6.07) is 9.77. The molecule has 1 aromatic carbocycles. The van der Waals surface area contributed by atoms with Gasteiger partial charge in [0.25, 0.3) is 0 Å². The van der Waals surface area contributed by atoms with Gasteiger partial charge in [0.15, 0.2) is 0 Å². The number of hydrogen-bond acceptors (Lipinski definition) is 3. The SMILES string of the molecule is CC(C)OC1CCCCC1C(=O)Nc1cccc2cccnc12. The van der Waals surface area contributed by atoms with Gasteiger partial charge in [-0.05, 0) is 38.8 Å². The van der Waals surface area contributed by atoms with Crippen molar-refractivity contribution >= 4 is 22.5 Å². The van der Waals surface area contributed by atoms with Crippen LogP contribution in [0.4, 0.5) is 5.69 Å². The monoisotopic (exact) mass is 312 g/mol. The fourth-order valence-corrected chi connectivity index (χ4v) is 3.34. The molecule has 1 saturated carbocycles. The van der Waals surface area contributed by atoms with E-state index in [4.69, 9.17) is 4.74 Å². The number of hydrogen-bond donors (Lipinski definition) is 1. The van der Waals surface area contributed by atoms with Gasteiger partial charge in [-0.1, -0.05) is 31.0 Å². The van der Waals surface area contributed by atoms with E-state index in [0.29, 0.717) is 0 Å². The number of pyridine rings is 1.